The van der Waals surface area contributed by atoms with Crippen LogP contribution in [0, 0.1) is 5.82 Å². The smallest absolute Gasteiger partial charge is 0.224 e. The third kappa shape index (κ3) is 3.85. The first kappa shape index (κ1) is 16.5. The zero-order valence-corrected chi connectivity index (χ0v) is 13.6. The Balaban J connectivity index is 0.000000847. The van der Waals surface area contributed by atoms with E-state index in [1.807, 2.05) is 36.9 Å². The number of benzene rings is 1. The Bertz CT molecular complexity index is 586. The third-order valence-electron chi connectivity index (χ3n) is 3.40. The van der Waals surface area contributed by atoms with Crippen LogP contribution in [0.3, 0.4) is 0 Å². The van der Waals surface area contributed by atoms with Crippen LogP contribution in [0.15, 0.2) is 36.5 Å². The molecule has 118 valence electrons. The number of hydrogen-bond acceptors (Lipinski definition) is 4. The Morgan fingerprint density at radius 3 is 2.23 bits per heavy atom. The van der Waals surface area contributed by atoms with Gasteiger partial charge in [0.1, 0.15) is 0 Å². The van der Waals surface area contributed by atoms with Crippen molar-refractivity contribution < 1.29 is 4.39 Å². The van der Waals surface area contributed by atoms with Crippen LogP contribution in [0.2, 0.25) is 5.28 Å². The second kappa shape index (κ2) is 7.94. The Morgan fingerprint density at radius 2 is 1.59 bits per heavy atom. The summed E-state index contributed by atoms with van der Waals surface area (Å²) < 4.78 is 13.7. The molecule has 0 saturated carbocycles. The van der Waals surface area contributed by atoms with Crippen LogP contribution in [0.25, 0.3) is 0 Å². The zero-order chi connectivity index (χ0) is 15.9. The minimum absolute atomic E-state index is 0.0758. The van der Waals surface area contributed by atoms with Gasteiger partial charge in [-0.25, -0.2) is 9.37 Å². The van der Waals surface area contributed by atoms with Crippen LogP contribution in [0.1, 0.15) is 13.8 Å². The van der Waals surface area contributed by atoms with Crippen molar-refractivity contribution >= 4 is 23.1 Å². The van der Waals surface area contributed by atoms with Gasteiger partial charge in [0.15, 0.2) is 11.6 Å². The molecule has 0 unspecified atom stereocenters. The maximum Gasteiger partial charge on any atom is 0.224 e. The fraction of sp³-hybridized carbons (Fsp3) is 0.375. The molecule has 6 heteroatoms. The van der Waals surface area contributed by atoms with Gasteiger partial charge in [-0.15, -0.1) is 0 Å². The summed E-state index contributed by atoms with van der Waals surface area (Å²) in [5.74, 6) is -0.139. The van der Waals surface area contributed by atoms with Crippen molar-refractivity contribution in [3.63, 3.8) is 0 Å². The molecule has 0 radical (unpaired) electrons. The van der Waals surface area contributed by atoms with Gasteiger partial charge < -0.3 is 9.80 Å². The SMILES string of the molecule is CC.Fc1cnc(Cl)nc1N1CCN(c2ccccc2)CC1. The van der Waals surface area contributed by atoms with Crippen molar-refractivity contribution in [1.29, 1.82) is 0 Å². The Labute approximate surface area is 135 Å². The molecule has 0 N–H and O–H groups in total. The van der Waals surface area contributed by atoms with Crippen molar-refractivity contribution in [3.8, 4) is 0 Å². The molecule has 1 aliphatic heterocycles. The van der Waals surface area contributed by atoms with Crippen LogP contribution in [-0.4, -0.2) is 36.1 Å². The lowest BCUT2D eigenvalue weighted by Crippen LogP contribution is -2.47. The molecule has 1 aromatic heterocycles. The number of rotatable bonds is 2. The van der Waals surface area contributed by atoms with Crippen LogP contribution >= 0.6 is 11.6 Å². The van der Waals surface area contributed by atoms with Gasteiger partial charge >= 0.3 is 0 Å². The first-order chi connectivity index (χ1) is 10.7. The molecule has 0 amide bonds. The van der Waals surface area contributed by atoms with Gasteiger partial charge in [0, 0.05) is 31.9 Å². The lowest BCUT2D eigenvalue weighted by atomic mass is 10.2. The highest BCUT2D eigenvalue weighted by Crippen LogP contribution is 2.21. The molecule has 1 saturated heterocycles. The first-order valence-corrected chi connectivity index (χ1v) is 7.85. The maximum atomic E-state index is 13.7. The van der Waals surface area contributed by atoms with Gasteiger partial charge in [-0.1, -0.05) is 32.0 Å². The summed E-state index contributed by atoms with van der Waals surface area (Å²) in [6, 6.07) is 10.2. The van der Waals surface area contributed by atoms with E-state index in [9.17, 15) is 4.39 Å². The minimum Gasteiger partial charge on any atom is -0.368 e. The highest BCUT2D eigenvalue weighted by Gasteiger charge is 2.21. The zero-order valence-electron chi connectivity index (χ0n) is 12.8. The number of anilines is 2. The van der Waals surface area contributed by atoms with Crippen molar-refractivity contribution in [1.82, 2.24) is 9.97 Å². The Kier molecular flexibility index (Phi) is 5.95. The van der Waals surface area contributed by atoms with Gasteiger partial charge in [0.25, 0.3) is 0 Å². The topological polar surface area (TPSA) is 32.3 Å². The molecule has 0 aliphatic carbocycles. The lowest BCUT2D eigenvalue weighted by molar-refractivity contribution is 0.583. The number of halogens is 2. The number of piperazine rings is 1. The molecule has 1 aliphatic rings. The van der Waals surface area contributed by atoms with Gasteiger partial charge in [-0.05, 0) is 23.7 Å². The summed E-state index contributed by atoms with van der Waals surface area (Å²) in [6.45, 7) is 7.06. The van der Waals surface area contributed by atoms with E-state index in [1.54, 1.807) is 0 Å². The molecule has 3 rings (SSSR count). The number of para-hydroxylation sites is 1. The molecular weight excluding hydrogens is 303 g/mol. The van der Waals surface area contributed by atoms with E-state index in [0.29, 0.717) is 13.1 Å². The molecule has 0 atom stereocenters. The molecule has 1 aromatic carbocycles. The molecule has 2 heterocycles. The predicted molar refractivity (Wildman–Crippen MR) is 89.2 cm³/mol. The van der Waals surface area contributed by atoms with Crippen LogP contribution in [0.5, 0.6) is 0 Å². The van der Waals surface area contributed by atoms with Gasteiger partial charge in [-0.3, -0.25) is 0 Å². The van der Waals surface area contributed by atoms with Crippen molar-refractivity contribution in [3.05, 3.63) is 47.6 Å². The summed E-state index contributed by atoms with van der Waals surface area (Å²) in [6.07, 6.45) is 1.12. The van der Waals surface area contributed by atoms with E-state index in [1.165, 1.54) is 5.69 Å². The quantitative estimate of drug-likeness (QED) is 0.790. The summed E-state index contributed by atoms with van der Waals surface area (Å²) in [5.41, 5.74) is 1.19. The standard InChI is InChI=1S/C14H14ClFN4.C2H6/c15-14-17-10-12(16)13(18-14)20-8-6-19(7-9-20)11-4-2-1-3-5-11;1-2/h1-5,10H,6-9H2;1-2H3. The van der Waals surface area contributed by atoms with Crippen molar-refractivity contribution in [2.45, 2.75) is 13.8 Å². The molecule has 0 bridgehead atoms. The first-order valence-electron chi connectivity index (χ1n) is 7.47. The molecule has 4 nitrogen and oxygen atoms in total. The fourth-order valence-corrected chi connectivity index (χ4v) is 2.50. The lowest BCUT2D eigenvalue weighted by Gasteiger charge is -2.36. The largest absolute Gasteiger partial charge is 0.368 e. The molecule has 2 aromatic rings. The van der Waals surface area contributed by atoms with E-state index < -0.39 is 5.82 Å². The average Bonchev–Trinajstić information content (AvgIpc) is 2.60. The molecule has 0 spiro atoms. The molecule has 22 heavy (non-hydrogen) atoms. The van der Waals surface area contributed by atoms with Crippen LogP contribution in [0.4, 0.5) is 15.9 Å². The second-order valence-corrected chi connectivity index (χ2v) is 4.96. The highest BCUT2D eigenvalue weighted by molar-refractivity contribution is 6.28. The summed E-state index contributed by atoms with van der Waals surface area (Å²) in [4.78, 5) is 11.8. The molecular formula is C16H20ClFN4. The number of hydrogen-bond donors (Lipinski definition) is 0. The van der Waals surface area contributed by atoms with Crippen molar-refractivity contribution in [2.24, 2.45) is 0 Å². The van der Waals surface area contributed by atoms with Gasteiger partial charge in [0.05, 0.1) is 6.20 Å². The maximum absolute atomic E-state index is 13.7. The van der Waals surface area contributed by atoms with E-state index in [2.05, 4.69) is 27.0 Å². The van der Waals surface area contributed by atoms with E-state index in [0.717, 1.165) is 19.3 Å². The predicted octanol–water partition coefficient (Wildman–Crippen LogP) is 3.62. The third-order valence-corrected chi connectivity index (χ3v) is 3.58. The Morgan fingerprint density at radius 1 is 1.00 bits per heavy atom. The normalized spacial score (nSPS) is 14.4. The fourth-order valence-electron chi connectivity index (χ4n) is 2.37. The highest BCUT2D eigenvalue weighted by atomic mass is 35.5. The van der Waals surface area contributed by atoms with E-state index >= 15 is 0 Å². The second-order valence-electron chi connectivity index (χ2n) is 4.62. The molecule has 1 fully saturated rings. The monoisotopic (exact) mass is 322 g/mol. The van der Waals surface area contributed by atoms with Crippen LogP contribution < -0.4 is 9.80 Å². The summed E-state index contributed by atoms with van der Waals surface area (Å²) in [5, 5.41) is 0.0758. The van der Waals surface area contributed by atoms with Crippen LogP contribution in [-0.2, 0) is 0 Å². The van der Waals surface area contributed by atoms with Gasteiger partial charge in [0.2, 0.25) is 5.28 Å². The van der Waals surface area contributed by atoms with Gasteiger partial charge in [-0.2, -0.15) is 4.98 Å². The minimum atomic E-state index is -0.428. The number of aromatic nitrogens is 2. The van der Waals surface area contributed by atoms with Crippen molar-refractivity contribution in [2.75, 3.05) is 36.0 Å². The summed E-state index contributed by atoms with van der Waals surface area (Å²) >= 11 is 5.73. The summed E-state index contributed by atoms with van der Waals surface area (Å²) in [7, 11) is 0. The Hall–Kier alpha value is -1.88. The van der Waals surface area contributed by atoms with E-state index in [4.69, 9.17) is 11.6 Å². The average molecular weight is 323 g/mol. The van der Waals surface area contributed by atoms with E-state index in [-0.39, 0.29) is 11.1 Å². The number of nitrogens with zero attached hydrogens (tertiary/aromatic N) is 4.